The van der Waals surface area contributed by atoms with E-state index < -0.39 is 0 Å². The van der Waals surface area contributed by atoms with E-state index in [0.717, 1.165) is 26.2 Å². The van der Waals surface area contributed by atoms with Crippen LogP contribution in [0.1, 0.15) is 18.4 Å². The lowest BCUT2D eigenvalue weighted by Gasteiger charge is -2.22. The van der Waals surface area contributed by atoms with Crippen LogP contribution in [0.4, 0.5) is 4.39 Å². The number of benzene rings is 1. The third-order valence-electron chi connectivity index (χ3n) is 4.65. The van der Waals surface area contributed by atoms with Gasteiger partial charge in [-0.15, -0.1) is 12.4 Å². The van der Waals surface area contributed by atoms with Crippen molar-refractivity contribution in [1.82, 2.24) is 15.5 Å². The number of amides is 1. The van der Waals surface area contributed by atoms with E-state index in [4.69, 9.17) is 0 Å². The maximum Gasteiger partial charge on any atom is 0.234 e. The first-order valence-corrected chi connectivity index (χ1v) is 7.60. The molecule has 1 aromatic carbocycles. The Morgan fingerprint density at radius 2 is 2.18 bits per heavy atom. The van der Waals surface area contributed by atoms with Crippen molar-refractivity contribution in [2.75, 3.05) is 32.7 Å². The van der Waals surface area contributed by atoms with E-state index in [1.165, 1.54) is 18.9 Å². The molecular formula is C16H23ClFN3O. The summed E-state index contributed by atoms with van der Waals surface area (Å²) in [6.45, 7) is 4.80. The molecule has 1 unspecified atom stereocenters. The van der Waals surface area contributed by atoms with E-state index in [1.54, 1.807) is 18.2 Å². The van der Waals surface area contributed by atoms with Crippen LogP contribution in [0, 0.1) is 11.2 Å². The van der Waals surface area contributed by atoms with Crippen molar-refractivity contribution in [2.24, 2.45) is 5.41 Å². The molecule has 1 spiro atoms. The molecule has 0 saturated carbocycles. The van der Waals surface area contributed by atoms with Gasteiger partial charge in [0, 0.05) is 25.2 Å². The Labute approximate surface area is 136 Å². The van der Waals surface area contributed by atoms with Crippen molar-refractivity contribution < 1.29 is 9.18 Å². The number of carbonyl (C=O) groups excluding carboxylic acids is 1. The van der Waals surface area contributed by atoms with Crippen molar-refractivity contribution >= 4 is 18.3 Å². The summed E-state index contributed by atoms with van der Waals surface area (Å²) in [4.78, 5) is 14.2. The Hall–Kier alpha value is -1.17. The molecule has 2 N–H and O–H groups in total. The molecule has 1 aromatic rings. The molecule has 122 valence electrons. The molecule has 1 amide bonds. The fraction of sp³-hybridized carbons (Fsp3) is 0.562. The number of hydrogen-bond acceptors (Lipinski definition) is 3. The summed E-state index contributed by atoms with van der Waals surface area (Å²) in [5.74, 6) is -0.295. The smallest absolute Gasteiger partial charge is 0.234 e. The number of nitrogens with zero attached hydrogens (tertiary/aromatic N) is 1. The van der Waals surface area contributed by atoms with Crippen LogP contribution in [0.3, 0.4) is 0 Å². The van der Waals surface area contributed by atoms with Gasteiger partial charge < -0.3 is 10.6 Å². The zero-order valence-electron chi connectivity index (χ0n) is 12.6. The minimum Gasteiger partial charge on any atom is -0.351 e. The summed E-state index contributed by atoms with van der Waals surface area (Å²) in [7, 11) is 0. The summed E-state index contributed by atoms with van der Waals surface area (Å²) in [6.07, 6.45) is 2.38. The topological polar surface area (TPSA) is 44.4 Å². The molecule has 2 heterocycles. The van der Waals surface area contributed by atoms with Crippen LogP contribution in [0.15, 0.2) is 24.3 Å². The molecule has 0 bridgehead atoms. The number of carbonyl (C=O) groups is 1. The van der Waals surface area contributed by atoms with Gasteiger partial charge in [-0.1, -0.05) is 18.2 Å². The molecule has 2 fully saturated rings. The van der Waals surface area contributed by atoms with Crippen molar-refractivity contribution in [1.29, 1.82) is 0 Å². The predicted octanol–water partition coefficient (Wildman–Crippen LogP) is 1.55. The quantitative estimate of drug-likeness (QED) is 0.882. The lowest BCUT2D eigenvalue weighted by molar-refractivity contribution is -0.122. The average Bonchev–Trinajstić information content (AvgIpc) is 3.09. The highest BCUT2D eigenvalue weighted by molar-refractivity contribution is 5.85. The highest BCUT2D eigenvalue weighted by atomic mass is 35.5. The average molecular weight is 328 g/mol. The Balaban J connectivity index is 0.00000176. The second-order valence-corrected chi connectivity index (χ2v) is 6.26. The largest absolute Gasteiger partial charge is 0.351 e. The summed E-state index contributed by atoms with van der Waals surface area (Å²) >= 11 is 0. The number of nitrogens with one attached hydrogen (secondary N) is 2. The van der Waals surface area contributed by atoms with Crippen LogP contribution in [-0.2, 0) is 11.3 Å². The van der Waals surface area contributed by atoms with Crippen LogP contribution >= 0.6 is 12.4 Å². The van der Waals surface area contributed by atoms with Gasteiger partial charge >= 0.3 is 0 Å². The zero-order chi connectivity index (χ0) is 14.7. The van der Waals surface area contributed by atoms with Crippen molar-refractivity contribution in [3.63, 3.8) is 0 Å². The third-order valence-corrected chi connectivity index (χ3v) is 4.65. The van der Waals surface area contributed by atoms with E-state index in [2.05, 4.69) is 15.5 Å². The number of likely N-dealkylation sites (tertiary alicyclic amines) is 1. The van der Waals surface area contributed by atoms with Gasteiger partial charge in [-0.05, 0) is 37.4 Å². The molecule has 0 aromatic heterocycles. The highest BCUT2D eigenvalue weighted by Gasteiger charge is 2.40. The van der Waals surface area contributed by atoms with E-state index in [9.17, 15) is 9.18 Å². The zero-order valence-corrected chi connectivity index (χ0v) is 13.4. The molecule has 2 saturated heterocycles. The maximum atomic E-state index is 13.5. The first-order valence-electron chi connectivity index (χ1n) is 7.60. The molecule has 0 radical (unpaired) electrons. The Morgan fingerprint density at radius 1 is 1.36 bits per heavy atom. The fourth-order valence-electron chi connectivity index (χ4n) is 3.40. The van der Waals surface area contributed by atoms with E-state index in [1.807, 2.05) is 0 Å². The van der Waals surface area contributed by atoms with Gasteiger partial charge in [-0.2, -0.15) is 0 Å². The van der Waals surface area contributed by atoms with E-state index in [-0.39, 0.29) is 30.7 Å². The van der Waals surface area contributed by atoms with Gasteiger partial charge in [-0.3, -0.25) is 9.69 Å². The first kappa shape index (κ1) is 17.2. The molecular weight excluding hydrogens is 305 g/mol. The maximum absolute atomic E-state index is 13.5. The van der Waals surface area contributed by atoms with Crippen LogP contribution < -0.4 is 10.6 Å². The van der Waals surface area contributed by atoms with Crippen molar-refractivity contribution in [2.45, 2.75) is 19.4 Å². The van der Waals surface area contributed by atoms with E-state index >= 15 is 0 Å². The van der Waals surface area contributed by atoms with Crippen LogP contribution in [0.25, 0.3) is 0 Å². The first-order chi connectivity index (χ1) is 10.2. The summed E-state index contributed by atoms with van der Waals surface area (Å²) in [5, 5.41) is 6.22. The molecule has 4 nitrogen and oxygen atoms in total. The normalized spacial score (nSPS) is 24.4. The van der Waals surface area contributed by atoms with Gasteiger partial charge in [0.1, 0.15) is 5.82 Å². The summed E-state index contributed by atoms with van der Waals surface area (Å²) < 4.78 is 13.5. The van der Waals surface area contributed by atoms with Crippen molar-refractivity contribution in [3.05, 3.63) is 35.6 Å². The van der Waals surface area contributed by atoms with Gasteiger partial charge in [0.15, 0.2) is 0 Å². The predicted molar refractivity (Wildman–Crippen MR) is 86.5 cm³/mol. The van der Waals surface area contributed by atoms with Gasteiger partial charge in [-0.25, -0.2) is 4.39 Å². The fourth-order valence-corrected chi connectivity index (χ4v) is 3.40. The van der Waals surface area contributed by atoms with Gasteiger partial charge in [0.2, 0.25) is 5.91 Å². The Morgan fingerprint density at radius 3 is 2.91 bits per heavy atom. The molecule has 2 aliphatic rings. The number of rotatable bonds is 4. The molecule has 2 aliphatic heterocycles. The Kier molecular flexibility index (Phi) is 5.78. The summed E-state index contributed by atoms with van der Waals surface area (Å²) in [5.41, 5.74) is 0.912. The monoisotopic (exact) mass is 327 g/mol. The molecule has 22 heavy (non-hydrogen) atoms. The molecule has 0 aliphatic carbocycles. The van der Waals surface area contributed by atoms with Crippen LogP contribution in [0.5, 0.6) is 0 Å². The number of hydrogen-bond donors (Lipinski definition) is 2. The molecule has 3 rings (SSSR count). The van der Waals surface area contributed by atoms with Crippen LogP contribution in [-0.4, -0.2) is 43.5 Å². The third kappa shape index (κ3) is 3.97. The highest BCUT2D eigenvalue weighted by Crippen LogP contribution is 2.35. The molecule has 6 heteroatoms. The van der Waals surface area contributed by atoms with E-state index in [0.29, 0.717) is 17.5 Å². The van der Waals surface area contributed by atoms with Gasteiger partial charge in [0.25, 0.3) is 0 Å². The second kappa shape index (κ2) is 7.40. The number of halogens is 2. The standard InChI is InChI=1S/C16H22FN3O.ClH/c17-14-4-2-1-3-13(14)9-19-15(21)10-20-8-6-16(12-20)5-7-18-11-16;/h1-4,18H,5-12H2,(H,19,21);1H. The van der Waals surface area contributed by atoms with Crippen molar-refractivity contribution in [3.8, 4) is 0 Å². The second-order valence-electron chi connectivity index (χ2n) is 6.26. The Bertz CT molecular complexity index is 520. The SMILES string of the molecule is Cl.O=C(CN1CCC2(CCNC2)C1)NCc1ccccc1F. The van der Waals surface area contributed by atoms with Gasteiger partial charge in [0.05, 0.1) is 6.54 Å². The molecule has 1 atom stereocenters. The summed E-state index contributed by atoms with van der Waals surface area (Å²) in [6, 6.07) is 6.55. The minimum absolute atomic E-state index is 0. The van der Waals surface area contributed by atoms with Crippen LogP contribution in [0.2, 0.25) is 0 Å². The lowest BCUT2D eigenvalue weighted by atomic mass is 9.87. The minimum atomic E-state index is -0.269. The lowest BCUT2D eigenvalue weighted by Crippen LogP contribution is -2.37.